The van der Waals surface area contributed by atoms with Gasteiger partial charge in [-0.05, 0) is 25.0 Å². The maximum atomic E-state index is 12.1. The van der Waals surface area contributed by atoms with Crippen LogP contribution >= 0.6 is 0 Å². The lowest BCUT2D eigenvalue weighted by atomic mass is 10.1. The van der Waals surface area contributed by atoms with Crippen LogP contribution in [-0.4, -0.2) is 29.3 Å². The van der Waals surface area contributed by atoms with Crippen LogP contribution in [0.4, 0.5) is 11.4 Å². The molecule has 1 aliphatic rings. The van der Waals surface area contributed by atoms with E-state index in [0.29, 0.717) is 13.0 Å². The molecule has 1 aliphatic heterocycles. The van der Waals surface area contributed by atoms with E-state index in [9.17, 15) is 19.7 Å². The molecule has 1 atom stereocenters. The van der Waals surface area contributed by atoms with E-state index in [4.69, 9.17) is 5.73 Å². The molecule has 1 saturated heterocycles. The summed E-state index contributed by atoms with van der Waals surface area (Å²) in [5.41, 5.74) is 5.30. The van der Waals surface area contributed by atoms with Gasteiger partial charge in [-0.3, -0.25) is 19.7 Å². The van der Waals surface area contributed by atoms with E-state index in [1.54, 1.807) is 0 Å². The largest absolute Gasteiger partial charge is 0.399 e. The number of rotatable bonds is 3. The Balaban J connectivity index is 2.22. The van der Waals surface area contributed by atoms with E-state index in [0.717, 1.165) is 6.42 Å². The molecule has 1 aromatic carbocycles. The van der Waals surface area contributed by atoms with Gasteiger partial charge in [-0.1, -0.05) is 0 Å². The lowest BCUT2D eigenvalue weighted by Gasteiger charge is -2.22. The molecule has 8 nitrogen and oxygen atoms in total. The van der Waals surface area contributed by atoms with Crippen LogP contribution in [0.2, 0.25) is 0 Å². The van der Waals surface area contributed by atoms with Crippen molar-refractivity contribution in [1.82, 2.24) is 10.6 Å². The number of hydrogen-bond donors (Lipinski definition) is 3. The molecule has 106 valence electrons. The summed E-state index contributed by atoms with van der Waals surface area (Å²) in [5.74, 6) is -0.956. The molecule has 8 heteroatoms. The zero-order valence-corrected chi connectivity index (χ0v) is 10.6. The number of nitrogen functional groups attached to an aromatic ring is 1. The molecular weight excluding hydrogens is 264 g/mol. The average Bonchev–Trinajstić information content (AvgIpc) is 2.40. The zero-order valence-electron chi connectivity index (χ0n) is 10.6. The van der Waals surface area contributed by atoms with Crippen molar-refractivity contribution >= 4 is 23.2 Å². The highest BCUT2D eigenvalue weighted by atomic mass is 16.6. The van der Waals surface area contributed by atoms with Gasteiger partial charge in [-0.15, -0.1) is 0 Å². The fourth-order valence-electron chi connectivity index (χ4n) is 2.04. The predicted molar refractivity (Wildman–Crippen MR) is 71.0 cm³/mol. The van der Waals surface area contributed by atoms with Crippen molar-refractivity contribution in [2.75, 3.05) is 12.3 Å². The fourth-order valence-corrected chi connectivity index (χ4v) is 2.04. The Morgan fingerprint density at radius 3 is 2.90 bits per heavy atom. The number of carbonyl (C=O) groups excluding carboxylic acids is 2. The topological polar surface area (TPSA) is 127 Å². The number of nitrogens with one attached hydrogen (secondary N) is 2. The van der Waals surface area contributed by atoms with E-state index in [1.807, 2.05) is 0 Å². The van der Waals surface area contributed by atoms with Crippen molar-refractivity contribution in [2.45, 2.75) is 18.9 Å². The number of hydrogen-bond acceptors (Lipinski definition) is 5. The van der Waals surface area contributed by atoms with Crippen LogP contribution in [0.5, 0.6) is 0 Å². The normalized spacial score (nSPS) is 18.2. The summed E-state index contributed by atoms with van der Waals surface area (Å²) in [7, 11) is 0. The van der Waals surface area contributed by atoms with Crippen LogP contribution in [0.1, 0.15) is 23.2 Å². The van der Waals surface area contributed by atoms with Crippen LogP contribution in [0.15, 0.2) is 18.2 Å². The number of piperidine rings is 1. The Bertz CT molecular complexity index is 573. The molecule has 2 rings (SSSR count). The second-order valence-corrected chi connectivity index (χ2v) is 4.49. The van der Waals surface area contributed by atoms with Gasteiger partial charge in [-0.25, -0.2) is 0 Å². The predicted octanol–water partition coefficient (Wildman–Crippen LogP) is 0.185. The smallest absolute Gasteiger partial charge is 0.282 e. The second kappa shape index (κ2) is 5.55. The minimum atomic E-state index is -0.675. The van der Waals surface area contributed by atoms with Gasteiger partial charge in [-0.2, -0.15) is 0 Å². The van der Waals surface area contributed by atoms with Crippen LogP contribution < -0.4 is 16.4 Å². The number of carbonyl (C=O) groups is 2. The molecule has 20 heavy (non-hydrogen) atoms. The summed E-state index contributed by atoms with van der Waals surface area (Å²) >= 11 is 0. The van der Waals surface area contributed by atoms with Crippen LogP contribution in [0.3, 0.4) is 0 Å². The van der Waals surface area contributed by atoms with E-state index in [2.05, 4.69) is 10.6 Å². The molecule has 1 heterocycles. The Kier molecular flexibility index (Phi) is 3.83. The summed E-state index contributed by atoms with van der Waals surface area (Å²) in [6.07, 6.45) is 1.25. The van der Waals surface area contributed by atoms with Gasteiger partial charge >= 0.3 is 0 Å². The van der Waals surface area contributed by atoms with Crippen LogP contribution in [0.25, 0.3) is 0 Å². The van der Waals surface area contributed by atoms with E-state index >= 15 is 0 Å². The maximum Gasteiger partial charge on any atom is 0.282 e. The second-order valence-electron chi connectivity index (χ2n) is 4.49. The molecule has 0 spiro atoms. The quantitative estimate of drug-likeness (QED) is 0.413. The number of benzene rings is 1. The third kappa shape index (κ3) is 2.85. The highest BCUT2D eigenvalue weighted by Crippen LogP contribution is 2.21. The molecule has 2 amide bonds. The molecule has 0 aromatic heterocycles. The molecule has 0 bridgehead atoms. The van der Waals surface area contributed by atoms with Gasteiger partial charge in [0, 0.05) is 18.3 Å². The van der Waals surface area contributed by atoms with Gasteiger partial charge in [0.05, 0.1) is 4.92 Å². The first kappa shape index (κ1) is 13.8. The molecule has 0 radical (unpaired) electrons. The van der Waals surface area contributed by atoms with Crippen molar-refractivity contribution in [3.8, 4) is 0 Å². The lowest BCUT2D eigenvalue weighted by molar-refractivity contribution is -0.385. The number of nitro benzene ring substituents is 1. The van der Waals surface area contributed by atoms with Crippen molar-refractivity contribution < 1.29 is 14.5 Å². The maximum absolute atomic E-state index is 12.1. The number of nitro groups is 1. The summed E-state index contributed by atoms with van der Waals surface area (Å²) in [4.78, 5) is 33.9. The SMILES string of the molecule is Nc1ccc([N+](=O)[O-])c(C(=O)NC2CCCNC2=O)c1. The summed E-state index contributed by atoms with van der Waals surface area (Å²) in [6, 6.07) is 3.08. The van der Waals surface area contributed by atoms with E-state index in [1.165, 1.54) is 18.2 Å². The van der Waals surface area contributed by atoms with Gasteiger partial charge in [0.2, 0.25) is 5.91 Å². The van der Waals surface area contributed by atoms with Gasteiger partial charge < -0.3 is 16.4 Å². The average molecular weight is 278 g/mol. The Hall–Kier alpha value is -2.64. The molecule has 1 fully saturated rings. The fraction of sp³-hybridized carbons (Fsp3) is 0.333. The number of nitrogens with two attached hydrogens (primary N) is 1. The van der Waals surface area contributed by atoms with E-state index < -0.39 is 16.9 Å². The van der Waals surface area contributed by atoms with Crippen LogP contribution in [0, 0.1) is 10.1 Å². The van der Waals surface area contributed by atoms with Crippen LogP contribution in [-0.2, 0) is 4.79 Å². The van der Waals surface area contributed by atoms with Crippen molar-refractivity contribution in [1.29, 1.82) is 0 Å². The number of amides is 2. The van der Waals surface area contributed by atoms with E-state index in [-0.39, 0.29) is 22.8 Å². The molecule has 1 unspecified atom stereocenters. The highest BCUT2D eigenvalue weighted by molar-refractivity contribution is 6.01. The van der Waals surface area contributed by atoms with Gasteiger partial charge in [0.1, 0.15) is 11.6 Å². The summed E-state index contributed by atoms with van der Waals surface area (Å²) in [6.45, 7) is 0.573. The molecule has 0 saturated carbocycles. The minimum absolute atomic E-state index is 0.145. The van der Waals surface area contributed by atoms with Crippen molar-refractivity contribution in [2.24, 2.45) is 0 Å². The molecule has 4 N–H and O–H groups in total. The van der Waals surface area contributed by atoms with Gasteiger partial charge in [0.25, 0.3) is 11.6 Å². The molecule has 0 aliphatic carbocycles. The summed E-state index contributed by atoms with van der Waals surface area (Å²) in [5, 5.41) is 16.0. The van der Waals surface area contributed by atoms with Crippen molar-refractivity contribution in [3.63, 3.8) is 0 Å². The molecular formula is C12H14N4O4. The highest BCUT2D eigenvalue weighted by Gasteiger charge is 2.27. The standard InChI is InChI=1S/C12H14N4O4/c13-7-3-4-10(16(19)20)8(6-7)11(17)15-9-2-1-5-14-12(9)18/h3-4,6,9H,1-2,5,13H2,(H,14,18)(H,15,17). The first-order valence-electron chi connectivity index (χ1n) is 6.11. The number of nitrogens with zero attached hydrogens (tertiary/aromatic N) is 1. The monoisotopic (exact) mass is 278 g/mol. The first-order valence-corrected chi connectivity index (χ1v) is 6.11. The zero-order chi connectivity index (χ0) is 14.7. The minimum Gasteiger partial charge on any atom is -0.399 e. The lowest BCUT2D eigenvalue weighted by Crippen LogP contribution is -2.50. The summed E-state index contributed by atoms with van der Waals surface area (Å²) < 4.78 is 0. The Morgan fingerprint density at radius 2 is 2.25 bits per heavy atom. The van der Waals surface area contributed by atoms with Crippen molar-refractivity contribution in [3.05, 3.63) is 33.9 Å². The Labute approximate surface area is 114 Å². The first-order chi connectivity index (χ1) is 9.49. The Morgan fingerprint density at radius 1 is 1.50 bits per heavy atom. The third-order valence-electron chi connectivity index (χ3n) is 3.05. The third-order valence-corrected chi connectivity index (χ3v) is 3.05. The molecule has 1 aromatic rings. The number of anilines is 1. The van der Waals surface area contributed by atoms with Gasteiger partial charge in [0.15, 0.2) is 0 Å².